The Morgan fingerprint density at radius 1 is 1.37 bits per heavy atom. The Morgan fingerprint density at radius 3 is 2.79 bits per heavy atom. The molecular weight excluding hydrogens is 274 g/mol. The number of hydrogen-bond donors (Lipinski definition) is 1. The van der Waals surface area contributed by atoms with Crippen LogP contribution in [0, 0.1) is 0 Å². The lowest BCUT2D eigenvalue weighted by molar-refractivity contribution is 0.902. The van der Waals surface area contributed by atoms with Crippen molar-refractivity contribution in [1.29, 1.82) is 0 Å². The van der Waals surface area contributed by atoms with E-state index in [1.54, 1.807) is 11.3 Å². The van der Waals surface area contributed by atoms with E-state index in [2.05, 4.69) is 37.1 Å². The number of fused-ring (bicyclic) bond motifs is 1. The molecule has 0 saturated heterocycles. The molecule has 5 heteroatoms. The van der Waals surface area contributed by atoms with Crippen LogP contribution < -0.4 is 5.32 Å². The summed E-state index contributed by atoms with van der Waals surface area (Å²) in [7, 11) is 1.93. The van der Waals surface area contributed by atoms with Crippen LogP contribution in [0.5, 0.6) is 0 Å². The first-order chi connectivity index (χ1) is 9.17. The van der Waals surface area contributed by atoms with Gasteiger partial charge >= 0.3 is 0 Å². The van der Waals surface area contributed by atoms with Crippen LogP contribution in [0.2, 0.25) is 0 Å². The average molecular weight is 295 g/mol. The molecule has 0 saturated carbocycles. The summed E-state index contributed by atoms with van der Waals surface area (Å²) in [6.07, 6.45) is 2.24. The first kappa shape index (κ1) is 14.6. The zero-order valence-electron chi connectivity index (χ0n) is 12.0. The van der Waals surface area contributed by atoms with Gasteiger partial charge < -0.3 is 5.32 Å². The van der Waals surface area contributed by atoms with Crippen molar-refractivity contribution in [3.8, 4) is 0 Å². The van der Waals surface area contributed by atoms with E-state index in [0.717, 1.165) is 34.0 Å². The number of anilines is 1. The van der Waals surface area contributed by atoms with Crippen molar-refractivity contribution >= 4 is 39.1 Å². The van der Waals surface area contributed by atoms with Crippen LogP contribution in [0.4, 0.5) is 5.82 Å². The molecule has 0 fully saturated rings. The maximum atomic E-state index is 4.71. The highest BCUT2D eigenvalue weighted by molar-refractivity contribution is 7.99. The van der Waals surface area contributed by atoms with Gasteiger partial charge in [-0.3, -0.25) is 0 Å². The number of rotatable bonds is 6. The number of aromatic nitrogens is 2. The highest BCUT2D eigenvalue weighted by atomic mass is 32.2. The van der Waals surface area contributed by atoms with Crippen molar-refractivity contribution in [3.05, 3.63) is 16.8 Å². The summed E-state index contributed by atoms with van der Waals surface area (Å²) in [4.78, 5) is 11.8. The van der Waals surface area contributed by atoms with E-state index in [0.29, 0.717) is 5.25 Å². The molecule has 3 nitrogen and oxygen atoms in total. The highest BCUT2D eigenvalue weighted by Crippen LogP contribution is 2.30. The highest BCUT2D eigenvalue weighted by Gasteiger charge is 2.11. The van der Waals surface area contributed by atoms with Gasteiger partial charge in [-0.2, -0.15) is 11.8 Å². The molecule has 0 spiro atoms. The molecule has 0 bridgehead atoms. The Labute approximate surface area is 123 Å². The standard InChI is InChI=1S/C14H21N3S2/c1-5-9(3)18-8-12-16-13(15-4)11-7-10(6-2)19-14(11)17-12/h7,9H,5-6,8H2,1-4H3,(H,15,16,17). The van der Waals surface area contributed by atoms with Gasteiger partial charge in [0.25, 0.3) is 0 Å². The number of thioether (sulfide) groups is 1. The molecule has 104 valence electrons. The lowest BCUT2D eigenvalue weighted by Gasteiger charge is -2.08. The van der Waals surface area contributed by atoms with Crippen molar-refractivity contribution < 1.29 is 0 Å². The van der Waals surface area contributed by atoms with Crippen LogP contribution >= 0.6 is 23.1 Å². The number of nitrogens with zero attached hydrogens (tertiary/aromatic N) is 2. The van der Waals surface area contributed by atoms with E-state index < -0.39 is 0 Å². The number of thiophene rings is 1. The smallest absolute Gasteiger partial charge is 0.142 e. The van der Waals surface area contributed by atoms with Crippen LogP contribution in [0.1, 0.15) is 37.9 Å². The maximum absolute atomic E-state index is 4.71. The Balaban J connectivity index is 2.30. The topological polar surface area (TPSA) is 37.8 Å². The predicted molar refractivity (Wildman–Crippen MR) is 87.4 cm³/mol. The quantitative estimate of drug-likeness (QED) is 0.861. The van der Waals surface area contributed by atoms with Gasteiger partial charge in [0.2, 0.25) is 0 Å². The SMILES string of the molecule is CCc1cc2c(NC)nc(CSC(C)CC)nc2s1. The molecular formula is C14H21N3S2. The summed E-state index contributed by atoms with van der Waals surface area (Å²) in [5, 5.41) is 5.01. The first-order valence-electron chi connectivity index (χ1n) is 6.76. The summed E-state index contributed by atoms with van der Waals surface area (Å²) < 4.78 is 0. The summed E-state index contributed by atoms with van der Waals surface area (Å²) in [5.41, 5.74) is 0. The fourth-order valence-electron chi connectivity index (χ4n) is 1.78. The Bertz CT molecular complexity index is 551. The molecule has 0 aliphatic rings. The molecule has 0 aromatic carbocycles. The van der Waals surface area contributed by atoms with E-state index in [1.807, 2.05) is 18.8 Å². The monoisotopic (exact) mass is 295 g/mol. The second kappa shape index (κ2) is 6.57. The second-order valence-electron chi connectivity index (χ2n) is 4.55. The Kier molecular flexibility index (Phi) is 5.05. The van der Waals surface area contributed by atoms with E-state index in [9.17, 15) is 0 Å². The van der Waals surface area contributed by atoms with Gasteiger partial charge in [0.05, 0.1) is 11.1 Å². The normalized spacial score (nSPS) is 12.8. The van der Waals surface area contributed by atoms with Crippen LogP contribution in [0.3, 0.4) is 0 Å². The van der Waals surface area contributed by atoms with Gasteiger partial charge in [0.1, 0.15) is 16.5 Å². The lowest BCUT2D eigenvalue weighted by atomic mass is 10.3. The largest absolute Gasteiger partial charge is 0.372 e. The minimum Gasteiger partial charge on any atom is -0.372 e. The first-order valence-corrected chi connectivity index (χ1v) is 8.63. The molecule has 1 atom stereocenters. The molecule has 2 aromatic rings. The van der Waals surface area contributed by atoms with E-state index in [4.69, 9.17) is 4.98 Å². The molecule has 1 unspecified atom stereocenters. The van der Waals surface area contributed by atoms with Crippen molar-refractivity contribution in [2.45, 2.75) is 44.6 Å². The van der Waals surface area contributed by atoms with Gasteiger partial charge in [-0.25, -0.2) is 9.97 Å². The van der Waals surface area contributed by atoms with Crippen LogP contribution in [-0.4, -0.2) is 22.3 Å². The van der Waals surface area contributed by atoms with Crippen molar-refractivity contribution in [3.63, 3.8) is 0 Å². The second-order valence-corrected chi connectivity index (χ2v) is 7.10. The summed E-state index contributed by atoms with van der Waals surface area (Å²) >= 11 is 3.70. The van der Waals surface area contributed by atoms with Gasteiger partial charge in [-0.15, -0.1) is 11.3 Å². The molecule has 1 N–H and O–H groups in total. The van der Waals surface area contributed by atoms with Crippen molar-refractivity contribution in [2.75, 3.05) is 12.4 Å². The van der Waals surface area contributed by atoms with Gasteiger partial charge in [0, 0.05) is 17.2 Å². The molecule has 0 amide bonds. The summed E-state index contributed by atoms with van der Waals surface area (Å²) in [6, 6.07) is 2.21. The Hall–Kier alpha value is -0.810. The molecule has 0 aliphatic heterocycles. The molecule has 19 heavy (non-hydrogen) atoms. The fraction of sp³-hybridized carbons (Fsp3) is 0.571. The van der Waals surface area contributed by atoms with Crippen LogP contribution in [0.15, 0.2) is 6.07 Å². The lowest BCUT2D eigenvalue weighted by Crippen LogP contribution is -2.01. The predicted octanol–water partition coefficient (Wildman–Crippen LogP) is 4.33. The third-order valence-electron chi connectivity index (χ3n) is 3.15. The van der Waals surface area contributed by atoms with Gasteiger partial charge in [-0.1, -0.05) is 20.8 Å². The van der Waals surface area contributed by atoms with Crippen molar-refractivity contribution in [2.24, 2.45) is 0 Å². The molecule has 2 rings (SSSR count). The molecule has 0 aliphatic carbocycles. The summed E-state index contributed by atoms with van der Waals surface area (Å²) in [5.74, 6) is 2.78. The minimum absolute atomic E-state index is 0.659. The van der Waals surface area contributed by atoms with E-state index >= 15 is 0 Å². The van der Waals surface area contributed by atoms with E-state index in [1.165, 1.54) is 11.3 Å². The molecule has 0 radical (unpaired) electrons. The molecule has 2 aromatic heterocycles. The molecule has 2 heterocycles. The van der Waals surface area contributed by atoms with Crippen LogP contribution in [-0.2, 0) is 12.2 Å². The van der Waals surface area contributed by atoms with Crippen molar-refractivity contribution in [1.82, 2.24) is 9.97 Å². The van der Waals surface area contributed by atoms with Gasteiger partial charge in [0.15, 0.2) is 0 Å². The Morgan fingerprint density at radius 2 is 2.16 bits per heavy atom. The third-order valence-corrected chi connectivity index (χ3v) is 5.65. The number of hydrogen-bond acceptors (Lipinski definition) is 5. The zero-order chi connectivity index (χ0) is 13.8. The minimum atomic E-state index is 0.659. The zero-order valence-corrected chi connectivity index (χ0v) is 13.6. The number of nitrogens with one attached hydrogen (secondary N) is 1. The van der Waals surface area contributed by atoms with E-state index in [-0.39, 0.29) is 0 Å². The fourth-order valence-corrected chi connectivity index (χ4v) is 3.56. The van der Waals surface area contributed by atoms with Gasteiger partial charge in [-0.05, 0) is 18.9 Å². The summed E-state index contributed by atoms with van der Waals surface area (Å²) in [6.45, 7) is 6.65. The average Bonchev–Trinajstić information content (AvgIpc) is 2.86. The third kappa shape index (κ3) is 3.39. The number of aryl methyl sites for hydroxylation is 1. The van der Waals surface area contributed by atoms with Crippen LogP contribution in [0.25, 0.3) is 10.2 Å². The maximum Gasteiger partial charge on any atom is 0.142 e.